The van der Waals surface area contributed by atoms with Gasteiger partial charge in [0, 0.05) is 32.1 Å². The maximum absolute atomic E-state index is 11.8. The summed E-state index contributed by atoms with van der Waals surface area (Å²) in [5.41, 5.74) is 2.87. The zero-order valence-electron chi connectivity index (χ0n) is 15.9. The predicted octanol–water partition coefficient (Wildman–Crippen LogP) is 1.86. The lowest BCUT2D eigenvalue weighted by molar-refractivity contribution is 0.0599. The summed E-state index contributed by atoms with van der Waals surface area (Å²) in [5, 5.41) is 2.81. The van der Waals surface area contributed by atoms with Gasteiger partial charge >= 0.3 is 5.97 Å². The molecule has 0 atom stereocenters. The average molecular weight is 382 g/mol. The molecular formula is C20H22N4O4. The molecular weight excluding hydrogens is 360 g/mol. The summed E-state index contributed by atoms with van der Waals surface area (Å²) in [4.78, 5) is 34.4. The monoisotopic (exact) mass is 382 g/mol. The largest absolute Gasteiger partial charge is 0.489 e. The maximum atomic E-state index is 11.8. The van der Waals surface area contributed by atoms with Gasteiger partial charge in [-0.05, 0) is 24.6 Å². The fraction of sp³-hybridized carbons (Fsp3) is 0.400. The Bertz CT molecular complexity index is 922. The Morgan fingerprint density at radius 3 is 2.79 bits per heavy atom. The van der Waals surface area contributed by atoms with Crippen molar-refractivity contribution < 1.29 is 19.1 Å². The molecule has 0 saturated carbocycles. The van der Waals surface area contributed by atoms with Crippen LogP contribution in [0.4, 0.5) is 5.82 Å². The number of piperidine rings is 1. The first-order valence-corrected chi connectivity index (χ1v) is 9.29. The second-order valence-electron chi connectivity index (χ2n) is 7.01. The van der Waals surface area contributed by atoms with Crippen molar-refractivity contribution in [2.24, 2.45) is 0 Å². The van der Waals surface area contributed by atoms with Gasteiger partial charge in [0.05, 0.1) is 36.7 Å². The van der Waals surface area contributed by atoms with Crippen molar-refractivity contribution in [3.63, 3.8) is 0 Å². The number of ether oxygens (including phenoxy) is 2. The highest BCUT2D eigenvalue weighted by Crippen LogP contribution is 2.27. The van der Waals surface area contributed by atoms with Crippen molar-refractivity contribution in [3.8, 4) is 5.75 Å². The number of hydrogen-bond acceptors (Lipinski definition) is 7. The number of anilines is 1. The molecule has 0 radical (unpaired) electrons. The Morgan fingerprint density at radius 1 is 1.25 bits per heavy atom. The molecule has 146 valence electrons. The van der Waals surface area contributed by atoms with Gasteiger partial charge in [-0.1, -0.05) is 0 Å². The molecule has 0 aromatic carbocycles. The van der Waals surface area contributed by atoms with E-state index in [2.05, 4.69) is 15.2 Å². The van der Waals surface area contributed by atoms with E-state index < -0.39 is 5.97 Å². The van der Waals surface area contributed by atoms with Gasteiger partial charge in [-0.2, -0.15) is 0 Å². The Labute approximate surface area is 162 Å². The van der Waals surface area contributed by atoms with Crippen LogP contribution in [0.3, 0.4) is 0 Å². The van der Waals surface area contributed by atoms with E-state index in [1.165, 1.54) is 13.3 Å². The summed E-state index contributed by atoms with van der Waals surface area (Å²) in [5.74, 6) is 1.02. The van der Waals surface area contributed by atoms with Gasteiger partial charge in [0.25, 0.3) is 5.91 Å². The quantitative estimate of drug-likeness (QED) is 0.807. The first-order valence-electron chi connectivity index (χ1n) is 9.29. The molecule has 8 heteroatoms. The van der Waals surface area contributed by atoms with E-state index in [1.54, 1.807) is 12.3 Å². The SMILES string of the molecule is COC(=O)c1cncc(OC2CCN(c3nc4c(cc3C)C(=O)NC4)CC2)c1. The molecule has 4 rings (SSSR count). The van der Waals surface area contributed by atoms with Crippen molar-refractivity contribution in [1.82, 2.24) is 15.3 Å². The molecule has 1 amide bonds. The first-order chi connectivity index (χ1) is 13.5. The molecule has 1 fully saturated rings. The third kappa shape index (κ3) is 3.49. The third-order valence-corrected chi connectivity index (χ3v) is 5.10. The number of fused-ring (bicyclic) bond motifs is 1. The number of esters is 1. The van der Waals surface area contributed by atoms with Crippen molar-refractivity contribution in [2.45, 2.75) is 32.4 Å². The summed E-state index contributed by atoms with van der Waals surface area (Å²) < 4.78 is 10.7. The molecule has 1 N–H and O–H groups in total. The maximum Gasteiger partial charge on any atom is 0.339 e. The molecule has 1 saturated heterocycles. The molecule has 2 aromatic heterocycles. The standard InChI is InChI=1S/C20H22N4O4/c1-12-7-16-17(11-22-19(16)25)23-18(12)24-5-3-14(4-6-24)28-15-8-13(9-21-10-15)20(26)27-2/h7-10,14H,3-6,11H2,1-2H3,(H,22,25). The van der Waals surface area contributed by atoms with Crippen molar-refractivity contribution in [1.29, 1.82) is 0 Å². The van der Waals surface area contributed by atoms with E-state index >= 15 is 0 Å². The number of nitrogens with one attached hydrogen (secondary N) is 1. The second kappa shape index (κ2) is 7.46. The van der Waals surface area contributed by atoms with Crippen LogP contribution in [0.5, 0.6) is 5.75 Å². The molecule has 0 spiro atoms. The lowest BCUT2D eigenvalue weighted by atomic mass is 10.1. The van der Waals surface area contributed by atoms with Crippen molar-refractivity contribution >= 4 is 17.7 Å². The minimum Gasteiger partial charge on any atom is -0.489 e. The van der Waals surface area contributed by atoms with Gasteiger partial charge in [-0.25, -0.2) is 9.78 Å². The second-order valence-corrected chi connectivity index (χ2v) is 7.01. The van der Waals surface area contributed by atoms with E-state index in [0.29, 0.717) is 23.4 Å². The van der Waals surface area contributed by atoms with Crippen LogP contribution in [0, 0.1) is 6.92 Å². The van der Waals surface area contributed by atoms with Crippen molar-refractivity contribution in [2.75, 3.05) is 25.1 Å². The van der Waals surface area contributed by atoms with Crippen LogP contribution < -0.4 is 15.0 Å². The van der Waals surface area contributed by atoms with E-state index in [1.807, 2.05) is 13.0 Å². The van der Waals surface area contributed by atoms with Gasteiger partial charge in [0.2, 0.25) is 0 Å². The minimum absolute atomic E-state index is 0.0453. The van der Waals surface area contributed by atoms with Gasteiger partial charge in [0.15, 0.2) is 0 Å². The highest BCUT2D eigenvalue weighted by Gasteiger charge is 2.26. The number of methoxy groups -OCH3 is 1. The Morgan fingerprint density at radius 2 is 2.04 bits per heavy atom. The number of carbonyl (C=O) groups excluding carboxylic acids is 2. The highest BCUT2D eigenvalue weighted by molar-refractivity contribution is 5.98. The van der Waals surface area contributed by atoms with Crippen LogP contribution in [0.1, 0.15) is 44.8 Å². The molecule has 0 aliphatic carbocycles. The number of hydrogen-bond donors (Lipinski definition) is 1. The van der Waals surface area contributed by atoms with Gasteiger partial charge < -0.3 is 19.7 Å². The lowest BCUT2D eigenvalue weighted by Gasteiger charge is -2.33. The van der Waals surface area contributed by atoms with E-state index in [4.69, 9.17) is 14.5 Å². The van der Waals surface area contributed by atoms with E-state index in [9.17, 15) is 9.59 Å². The number of rotatable bonds is 4. The van der Waals surface area contributed by atoms with Crippen LogP contribution in [-0.4, -0.2) is 48.1 Å². The summed E-state index contributed by atoms with van der Waals surface area (Å²) in [6, 6.07) is 3.58. The van der Waals surface area contributed by atoms with Gasteiger partial charge in [-0.3, -0.25) is 9.78 Å². The number of carbonyl (C=O) groups is 2. The van der Waals surface area contributed by atoms with Crippen LogP contribution in [0.15, 0.2) is 24.5 Å². The van der Waals surface area contributed by atoms with Crippen LogP contribution >= 0.6 is 0 Å². The average Bonchev–Trinajstić information content (AvgIpc) is 3.07. The normalized spacial score (nSPS) is 16.5. The van der Waals surface area contributed by atoms with Crippen molar-refractivity contribution in [3.05, 3.63) is 46.9 Å². The molecule has 2 aliphatic rings. The topological polar surface area (TPSA) is 93.7 Å². The number of nitrogens with zero attached hydrogens (tertiary/aromatic N) is 3. The first kappa shape index (κ1) is 18.2. The van der Waals surface area contributed by atoms with Crippen LogP contribution in [-0.2, 0) is 11.3 Å². The predicted molar refractivity (Wildman–Crippen MR) is 102 cm³/mol. The van der Waals surface area contributed by atoms with Gasteiger partial charge in [0.1, 0.15) is 17.7 Å². The van der Waals surface area contributed by atoms with E-state index in [0.717, 1.165) is 43.0 Å². The fourth-order valence-electron chi connectivity index (χ4n) is 3.64. The zero-order valence-corrected chi connectivity index (χ0v) is 15.9. The molecule has 0 unspecified atom stereocenters. The lowest BCUT2D eigenvalue weighted by Crippen LogP contribution is -2.39. The number of pyridine rings is 2. The highest BCUT2D eigenvalue weighted by atomic mass is 16.5. The fourth-order valence-corrected chi connectivity index (χ4v) is 3.64. The number of aromatic nitrogens is 2. The molecule has 28 heavy (non-hydrogen) atoms. The Kier molecular flexibility index (Phi) is 4.85. The van der Waals surface area contributed by atoms with Gasteiger partial charge in [-0.15, -0.1) is 0 Å². The Balaban J connectivity index is 1.40. The molecule has 4 heterocycles. The molecule has 2 aliphatic heterocycles. The smallest absolute Gasteiger partial charge is 0.339 e. The Hall–Kier alpha value is -3.16. The summed E-state index contributed by atoms with van der Waals surface area (Å²) in [6.07, 6.45) is 4.78. The molecule has 2 aromatic rings. The molecule has 8 nitrogen and oxygen atoms in total. The zero-order chi connectivity index (χ0) is 19.7. The minimum atomic E-state index is -0.432. The summed E-state index contributed by atoms with van der Waals surface area (Å²) in [7, 11) is 1.34. The van der Waals surface area contributed by atoms with E-state index in [-0.39, 0.29) is 12.0 Å². The van der Waals surface area contributed by atoms with Crippen LogP contribution in [0.25, 0.3) is 0 Å². The number of aryl methyl sites for hydroxylation is 1. The number of amides is 1. The van der Waals surface area contributed by atoms with Crippen LogP contribution in [0.2, 0.25) is 0 Å². The third-order valence-electron chi connectivity index (χ3n) is 5.10. The summed E-state index contributed by atoms with van der Waals surface area (Å²) >= 11 is 0. The molecule has 0 bridgehead atoms. The summed E-state index contributed by atoms with van der Waals surface area (Å²) in [6.45, 7) is 4.09.